The summed E-state index contributed by atoms with van der Waals surface area (Å²) in [7, 11) is -3.58. The summed E-state index contributed by atoms with van der Waals surface area (Å²) in [6.07, 6.45) is 5.71. The average molecular weight is 315 g/mol. The van der Waals surface area contributed by atoms with Crippen LogP contribution in [-0.2, 0) is 21.4 Å². The maximum Gasteiger partial charge on any atom is 0.306 e. The first kappa shape index (κ1) is 16.0. The van der Waals surface area contributed by atoms with E-state index < -0.39 is 16.0 Å². The zero-order valence-corrected chi connectivity index (χ0v) is 12.8. The summed E-state index contributed by atoms with van der Waals surface area (Å²) in [6.45, 7) is 2.92. The molecule has 0 aliphatic heterocycles. The van der Waals surface area contributed by atoms with Gasteiger partial charge in [-0.15, -0.1) is 0 Å². The molecule has 1 aliphatic carbocycles. The predicted molar refractivity (Wildman–Crippen MR) is 76.2 cm³/mol. The number of carboxylic acid groups (broad SMARTS) is 1. The van der Waals surface area contributed by atoms with E-state index in [2.05, 4.69) is 9.71 Å². The van der Waals surface area contributed by atoms with Crippen molar-refractivity contribution in [2.75, 3.05) is 6.54 Å². The zero-order chi connectivity index (χ0) is 15.5. The van der Waals surface area contributed by atoms with E-state index in [0.29, 0.717) is 25.9 Å². The van der Waals surface area contributed by atoms with E-state index in [-0.39, 0.29) is 16.9 Å². The van der Waals surface area contributed by atoms with Crippen LogP contribution >= 0.6 is 0 Å². The van der Waals surface area contributed by atoms with Crippen molar-refractivity contribution < 1.29 is 18.3 Å². The quantitative estimate of drug-likeness (QED) is 0.817. The SMILES string of the molecule is CCn1cnc(S(=O)(=O)NCC2CCC(C(=O)O)CC2)c1. The van der Waals surface area contributed by atoms with Crippen molar-refractivity contribution in [3.05, 3.63) is 12.5 Å². The Morgan fingerprint density at radius 2 is 2.10 bits per heavy atom. The minimum absolute atomic E-state index is 0.0311. The molecule has 7 nitrogen and oxygen atoms in total. The van der Waals surface area contributed by atoms with Gasteiger partial charge >= 0.3 is 5.97 Å². The van der Waals surface area contributed by atoms with Crippen LogP contribution in [0.5, 0.6) is 0 Å². The minimum Gasteiger partial charge on any atom is -0.481 e. The van der Waals surface area contributed by atoms with Gasteiger partial charge in [-0.05, 0) is 38.5 Å². The molecular formula is C13H21N3O4S. The number of hydrogen-bond acceptors (Lipinski definition) is 4. The molecule has 0 atom stereocenters. The zero-order valence-electron chi connectivity index (χ0n) is 12.0. The third kappa shape index (κ3) is 4.04. The molecule has 1 aromatic rings. The Morgan fingerprint density at radius 1 is 1.43 bits per heavy atom. The van der Waals surface area contributed by atoms with E-state index in [1.165, 1.54) is 12.5 Å². The van der Waals surface area contributed by atoms with Crippen LogP contribution in [0, 0.1) is 11.8 Å². The summed E-state index contributed by atoms with van der Waals surface area (Å²) in [5.41, 5.74) is 0. The molecule has 0 unspecified atom stereocenters. The highest BCUT2D eigenvalue weighted by Gasteiger charge is 2.27. The lowest BCUT2D eigenvalue weighted by Gasteiger charge is -2.25. The summed E-state index contributed by atoms with van der Waals surface area (Å²) < 4.78 is 28.5. The number of imidazole rings is 1. The molecule has 0 spiro atoms. The van der Waals surface area contributed by atoms with Crippen molar-refractivity contribution in [3.63, 3.8) is 0 Å². The minimum atomic E-state index is -3.58. The van der Waals surface area contributed by atoms with Crippen LogP contribution in [0.15, 0.2) is 17.6 Å². The maximum absolute atomic E-state index is 12.1. The van der Waals surface area contributed by atoms with E-state index in [1.807, 2.05) is 6.92 Å². The van der Waals surface area contributed by atoms with Crippen molar-refractivity contribution in [3.8, 4) is 0 Å². The molecule has 0 saturated heterocycles. The number of hydrogen-bond donors (Lipinski definition) is 2. The van der Waals surface area contributed by atoms with Crippen molar-refractivity contribution >= 4 is 16.0 Å². The highest BCUT2D eigenvalue weighted by atomic mass is 32.2. The Morgan fingerprint density at radius 3 is 2.62 bits per heavy atom. The van der Waals surface area contributed by atoms with E-state index >= 15 is 0 Å². The number of aryl methyl sites for hydroxylation is 1. The van der Waals surface area contributed by atoms with Gasteiger partial charge in [0.2, 0.25) is 0 Å². The van der Waals surface area contributed by atoms with Gasteiger partial charge in [0.25, 0.3) is 10.0 Å². The smallest absolute Gasteiger partial charge is 0.306 e. The number of carbonyl (C=O) groups is 1. The second-order valence-corrected chi connectivity index (χ2v) is 7.16. The third-order valence-corrected chi connectivity index (χ3v) is 5.32. The fourth-order valence-electron chi connectivity index (χ4n) is 2.57. The first-order valence-corrected chi connectivity index (χ1v) is 8.65. The summed E-state index contributed by atoms with van der Waals surface area (Å²) in [6, 6.07) is 0. The lowest BCUT2D eigenvalue weighted by atomic mass is 9.82. The molecule has 1 fully saturated rings. The summed E-state index contributed by atoms with van der Waals surface area (Å²) >= 11 is 0. The topological polar surface area (TPSA) is 101 Å². The van der Waals surface area contributed by atoms with Crippen LogP contribution in [0.1, 0.15) is 32.6 Å². The Balaban J connectivity index is 1.86. The molecular weight excluding hydrogens is 294 g/mol. The van der Waals surface area contributed by atoms with Crippen LogP contribution in [-0.4, -0.2) is 35.6 Å². The third-order valence-electron chi connectivity index (χ3n) is 4.01. The lowest BCUT2D eigenvalue weighted by Crippen LogP contribution is -2.32. The number of sulfonamides is 1. The van der Waals surface area contributed by atoms with Crippen molar-refractivity contribution in [2.24, 2.45) is 11.8 Å². The highest BCUT2D eigenvalue weighted by molar-refractivity contribution is 7.89. The number of nitrogens with zero attached hydrogens (tertiary/aromatic N) is 2. The first-order valence-electron chi connectivity index (χ1n) is 7.16. The summed E-state index contributed by atoms with van der Waals surface area (Å²) in [4.78, 5) is 14.8. The van der Waals surface area contributed by atoms with Gasteiger partial charge in [-0.3, -0.25) is 4.79 Å². The fourth-order valence-corrected chi connectivity index (χ4v) is 3.63. The van der Waals surface area contributed by atoms with Gasteiger partial charge in [-0.25, -0.2) is 18.1 Å². The second kappa shape index (κ2) is 6.57. The van der Waals surface area contributed by atoms with Crippen molar-refractivity contribution in [1.82, 2.24) is 14.3 Å². The van der Waals surface area contributed by atoms with Gasteiger partial charge in [0.1, 0.15) is 0 Å². The molecule has 118 valence electrons. The van der Waals surface area contributed by atoms with E-state index in [4.69, 9.17) is 5.11 Å². The molecule has 0 radical (unpaired) electrons. The monoisotopic (exact) mass is 315 g/mol. The summed E-state index contributed by atoms with van der Waals surface area (Å²) in [5, 5.41) is 8.97. The molecule has 0 aromatic carbocycles. The van der Waals surface area contributed by atoms with Gasteiger partial charge < -0.3 is 9.67 Å². The van der Waals surface area contributed by atoms with Crippen molar-refractivity contribution in [1.29, 1.82) is 0 Å². The lowest BCUT2D eigenvalue weighted by molar-refractivity contribution is -0.143. The molecule has 0 bridgehead atoms. The van der Waals surface area contributed by atoms with Crippen molar-refractivity contribution in [2.45, 2.75) is 44.2 Å². The molecule has 8 heteroatoms. The first-order chi connectivity index (χ1) is 9.92. The molecule has 1 aromatic heterocycles. The molecule has 0 amide bonds. The van der Waals surface area contributed by atoms with E-state index in [1.54, 1.807) is 4.57 Å². The fraction of sp³-hybridized carbons (Fsp3) is 0.692. The predicted octanol–water partition coefficient (Wildman–Crippen LogP) is 1.07. The van der Waals surface area contributed by atoms with E-state index in [0.717, 1.165) is 12.8 Å². The van der Waals surface area contributed by atoms with Crippen LogP contribution in [0.3, 0.4) is 0 Å². The van der Waals surface area contributed by atoms with Crippen LogP contribution in [0.2, 0.25) is 0 Å². The number of aliphatic carboxylic acids is 1. The van der Waals surface area contributed by atoms with Crippen LogP contribution < -0.4 is 4.72 Å². The Hall–Kier alpha value is -1.41. The van der Waals surface area contributed by atoms with Gasteiger partial charge in [-0.1, -0.05) is 0 Å². The molecule has 1 aliphatic rings. The Labute approximate surface area is 124 Å². The molecule has 1 heterocycles. The Bertz CT molecular complexity index is 588. The standard InChI is InChI=1S/C13H21N3O4S/c1-2-16-8-12(14-9-16)21(19,20)15-7-10-3-5-11(6-4-10)13(17)18/h8-11,15H,2-7H2,1H3,(H,17,18). The van der Waals surface area contributed by atoms with Gasteiger partial charge in [0.05, 0.1) is 12.2 Å². The molecule has 2 rings (SSSR count). The summed E-state index contributed by atoms with van der Waals surface area (Å²) in [5.74, 6) is -0.833. The average Bonchev–Trinajstić information content (AvgIpc) is 2.95. The number of rotatable bonds is 6. The second-order valence-electron chi connectivity index (χ2n) is 5.45. The highest BCUT2D eigenvalue weighted by Crippen LogP contribution is 2.28. The molecule has 21 heavy (non-hydrogen) atoms. The Kier molecular flexibility index (Phi) is 5.00. The van der Waals surface area contributed by atoms with Gasteiger partial charge in [-0.2, -0.15) is 0 Å². The molecule has 1 saturated carbocycles. The van der Waals surface area contributed by atoms with Crippen LogP contribution in [0.25, 0.3) is 0 Å². The number of nitrogens with one attached hydrogen (secondary N) is 1. The van der Waals surface area contributed by atoms with Gasteiger partial charge in [0, 0.05) is 19.3 Å². The van der Waals surface area contributed by atoms with Gasteiger partial charge in [0.15, 0.2) is 5.03 Å². The number of carboxylic acids is 1. The number of aromatic nitrogens is 2. The maximum atomic E-state index is 12.1. The largest absolute Gasteiger partial charge is 0.481 e. The normalized spacial score (nSPS) is 23.1. The molecule has 2 N–H and O–H groups in total. The van der Waals surface area contributed by atoms with E-state index in [9.17, 15) is 13.2 Å². The van der Waals surface area contributed by atoms with Crippen LogP contribution in [0.4, 0.5) is 0 Å².